The molecule has 1 aromatic heterocycles. The van der Waals surface area contributed by atoms with E-state index in [4.69, 9.17) is 16.3 Å². The van der Waals surface area contributed by atoms with Crippen LogP contribution in [0.2, 0.25) is 0 Å². The van der Waals surface area contributed by atoms with Crippen LogP contribution in [0.1, 0.15) is 25.9 Å². The normalized spacial score (nSPS) is 11.3. The van der Waals surface area contributed by atoms with Crippen LogP contribution in [0, 0.1) is 5.82 Å². The van der Waals surface area contributed by atoms with E-state index >= 15 is 0 Å². The number of hydrogen-bond acceptors (Lipinski definition) is 5. The number of aromatic nitrogens is 2. The van der Waals surface area contributed by atoms with Crippen molar-refractivity contribution in [3.8, 4) is 5.75 Å². The van der Waals surface area contributed by atoms with Crippen LogP contribution in [0.3, 0.4) is 0 Å². The van der Waals surface area contributed by atoms with Gasteiger partial charge < -0.3 is 10.1 Å². The number of methoxy groups -OCH3 is 1. The summed E-state index contributed by atoms with van der Waals surface area (Å²) in [5, 5.41) is 11.6. The minimum Gasteiger partial charge on any atom is -0.497 e. The first-order valence-corrected chi connectivity index (χ1v) is 9.12. The molecule has 1 heterocycles. The van der Waals surface area contributed by atoms with Gasteiger partial charge in [0.15, 0.2) is 5.01 Å². The predicted octanol–water partition coefficient (Wildman–Crippen LogP) is 4.35. The highest BCUT2D eigenvalue weighted by molar-refractivity contribution is 7.15. The maximum Gasteiger partial charge on any atom is 0.282 e. The van der Waals surface area contributed by atoms with Gasteiger partial charge in [-0.3, -0.25) is 4.79 Å². The van der Waals surface area contributed by atoms with Gasteiger partial charge in [0, 0.05) is 6.54 Å². The van der Waals surface area contributed by atoms with Gasteiger partial charge in [0.25, 0.3) is 5.91 Å². The Bertz CT molecular complexity index is 973. The van der Waals surface area contributed by atoms with Crippen molar-refractivity contribution in [3.63, 3.8) is 0 Å². The van der Waals surface area contributed by atoms with Gasteiger partial charge >= 0.3 is 0 Å². The molecule has 3 aromatic rings. The molecule has 8 heteroatoms. The molecule has 0 aliphatic carbocycles. The first-order chi connectivity index (χ1) is 13.0. The maximum absolute atomic E-state index is 12.9. The third kappa shape index (κ3) is 5.12. The summed E-state index contributed by atoms with van der Waals surface area (Å²) >= 11 is 7.39. The van der Waals surface area contributed by atoms with E-state index in [0.29, 0.717) is 15.8 Å². The quantitative estimate of drug-likeness (QED) is 0.664. The summed E-state index contributed by atoms with van der Waals surface area (Å²) in [7, 11) is 1.59. The van der Waals surface area contributed by atoms with E-state index in [1.165, 1.54) is 12.1 Å². The van der Waals surface area contributed by atoms with Crippen molar-refractivity contribution < 1.29 is 13.9 Å². The number of carbonyl (C=O) groups is 1. The van der Waals surface area contributed by atoms with E-state index in [1.54, 1.807) is 25.3 Å². The zero-order valence-corrected chi connectivity index (χ0v) is 15.9. The molecule has 0 atom stereocenters. The summed E-state index contributed by atoms with van der Waals surface area (Å²) in [6, 6.07) is 13.3. The van der Waals surface area contributed by atoms with Crippen molar-refractivity contribution in [1.82, 2.24) is 15.5 Å². The van der Waals surface area contributed by atoms with E-state index < -0.39 is 0 Å². The van der Waals surface area contributed by atoms with E-state index in [2.05, 4.69) is 15.5 Å². The third-order valence-corrected chi connectivity index (χ3v) is 4.93. The van der Waals surface area contributed by atoms with Crippen LogP contribution < -0.4 is 10.1 Å². The van der Waals surface area contributed by atoms with E-state index in [0.717, 1.165) is 22.5 Å². The molecule has 2 aromatic carbocycles. The van der Waals surface area contributed by atoms with Crippen molar-refractivity contribution in [2.45, 2.75) is 6.54 Å². The van der Waals surface area contributed by atoms with Crippen LogP contribution >= 0.6 is 22.9 Å². The fourth-order valence-corrected chi connectivity index (χ4v) is 3.16. The number of hydrogen-bond donors (Lipinski definition) is 1. The molecule has 0 saturated carbocycles. The number of nitrogens with one attached hydrogen (secondary N) is 1. The standard InChI is InChI=1S/C19H15ClFN3O2S/c1-26-15-4-2-3-13(9-15)10-16(20)18-23-24-19(27-18)17(25)22-11-12-5-7-14(21)8-6-12/h2-10H,11H2,1H3,(H,22,25)/b16-10-. The summed E-state index contributed by atoms with van der Waals surface area (Å²) in [6.45, 7) is 0.265. The Morgan fingerprint density at radius 2 is 1.96 bits per heavy atom. The molecule has 138 valence electrons. The lowest BCUT2D eigenvalue weighted by molar-refractivity contribution is 0.0950. The average Bonchev–Trinajstić information content (AvgIpc) is 3.18. The summed E-state index contributed by atoms with van der Waals surface area (Å²) < 4.78 is 18.1. The molecule has 1 amide bonds. The highest BCUT2D eigenvalue weighted by Gasteiger charge is 2.14. The molecule has 0 aliphatic rings. The van der Waals surface area contributed by atoms with Crippen LogP contribution in [0.25, 0.3) is 11.1 Å². The molecule has 0 radical (unpaired) electrons. The monoisotopic (exact) mass is 403 g/mol. The molecule has 0 bridgehead atoms. The molecule has 27 heavy (non-hydrogen) atoms. The van der Waals surface area contributed by atoms with Crippen molar-refractivity contribution in [1.29, 1.82) is 0 Å². The Morgan fingerprint density at radius 3 is 2.70 bits per heavy atom. The Labute approximate surface area is 164 Å². The molecule has 0 aliphatic heterocycles. The summed E-state index contributed by atoms with van der Waals surface area (Å²) in [6.07, 6.45) is 1.73. The van der Waals surface area contributed by atoms with Gasteiger partial charge in [-0.2, -0.15) is 0 Å². The number of rotatable bonds is 6. The zero-order valence-electron chi connectivity index (χ0n) is 14.3. The Balaban J connectivity index is 1.66. The fraction of sp³-hybridized carbons (Fsp3) is 0.105. The van der Waals surface area contributed by atoms with Gasteiger partial charge in [-0.1, -0.05) is 47.2 Å². The van der Waals surface area contributed by atoms with Gasteiger partial charge in [-0.15, -0.1) is 10.2 Å². The maximum atomic E-state index is 12.9. The molecular weight excluding hydrogens is 389 g/mol. The van der Waals surface area contributed by atoms with Crippen LogP contribution in [0.4, 0.5) is 4.39 Å². The smallest absolute Gasteiger partial charge is 0.282 e. The lowest BCUT2D eigenvalue weighted by atomic mass is 10.2. The summed E-state index contributed by atoms with van der Waals surface area (Å²) in [4.78, 5) is 12.2. The minimum absolute atomic E-state index is 0.198. The van der Waals surface area contributed by atoms with Crippen LogP contribution in [0.15, 0.2) is 48.5 Å². The number of ether oxygens (including phenoxy) is 1. The van der Waals surface area contributed by atoms with Crippen LogP contribution in [0.5, 0.6) is 5.75 Å². The number of carbonyl (C=O) groups excluding carboxylic acids is 1. The van der Waals surface area contributed by atoms with Gasteiger partial charge in [-0.05, 0) is 41.5 Å². The number of amides is 1. The third-order valence-electron chi connectivity index (χ3n) is 3.58. The first kappa shape index (κ1) is 19.0. The SMILES string of the molecule is COc1cccc(/C=C(\Cl)c2nnc(C(=O)NCc3ccc(F)cc3)s2)c1. The number of benzene rings is 2. The fourth-order valence-electron chi connectivity index (χ4n) is 2.21. The minimum atomic E-state index is -0.367. The Kier molecular flexibility index (Phi) is 6.16. The molecule has 0 fully saturated rings. The predicted molar refractivity (Wildman–Crippen MR) is 104 cm³/mol. The topological polar surface area (TPSA) is 64.1 Å². The van der Waals surface area contributed by atoms with Gasteiger partial charge in [-0.25, -0.2) is 4.39 Å². The second kappa shape index (κ2) is 8.75. The molecule has 3 rings (SSSR count). The van der Waals surface area contributed by atoms with Crippen LogP contribution in [-0.4, -0.2) is 23.2 Å². The van der Waals surface area contributed by atoms with Gasteiger partial charge in [0.1, 0.15) is 11.6 Å². The second-order valence-corrected chi connectivity index (χ2v) is 6.88. The molecular formula is C19H15ClFN3O2S. The van der Waals surface area contributed by atoms with Crippen LogP contribution in [-0.2, 0) is 6.54 Å². The van der Waals surface area contributed by atoms with Crippen molar-refractivity contribution in [2.24, 2.45) is 0 Å². The largest absolute Gasteiger partial charge is 0.497 e. The molecule has 0 unspecified atom stereocenters. The second-order valence-electron chi connectivity index (χ2n) is 5.49. The highest BCUT2D eigenvalue weighted by atomic mass is 35.5. The number of nitrogens with zero attached hydrogens (tertiary/aromatic N) is 2. The molecule has 0 spiro atoms. The molecule has 0 saturated heterocycles. The van der Waals surface area contributed by atoms with Crippen molar-refractivity contribution in [3.05, 3.63) is 75.5 Å². The average molecular weight is 404 g/mol. The summed E-state index contributed by atoms with van der Waals surface area (Å²) in [5.74, 6) is 0.0246. The van der Waals surface area contributed by atoms with E-state index in [-0.39, 0.29) is 23.3 Å². The zero-order chi connectivity index (χ0) is 19.2. The van der Waals surface area contributed by atoms with Crippen molar-refractivity contribution >= 4 is 40.0 Å². The number of halogens is 2. The lowest BCUT2D eigenvalue weighted by Gasteiger charge is -2.02. The van der Waals surface area contributed by atoms with Crippen molar-refractivity contribution in [2.75, 3.05) is 7.11 Å². The molecule has 5 nitrogen and oxygen atoms in total. The van der Waals surface area contributed by atoms with E-state index in [1.807, 2.05) is 24.3 Å². The van der Waals surface area contributed by atoms with E-state index in [9.17, 15) is 9.18 Å². The first-order valence-electron chi connectivity index (χ1n) is 7.93. The van der Waals surface area contributed by atoms with Gasteiger partial charge in [0.2, 0.25) is 5.01 Å². The van der Waals surface area contributed by atoms with Gasteiger partial charge in [0.05, 0.1) is 12.1 Å². The molecule has 1 N–H and O–H groups in total. The summed E-state index contributed by atoms with van der Waals surface area (Å²) in [5.41, 5.74) is 1.63. The highest BCUT2D eigenvalue weighted by Crippen LogP contribution is 2.26. The Hall–Kier alpha value is -2.77. The Morgan fingerprint density at radius 1 is 1.22 bits per heavy atom. The lowest BCUT2D eigenvalue weighted by Crippen LogP contribution is -2.22.